The lowest BCUT2D eigenvalue weighted by Crippen LogP contribution is -2.31. The van der Waals surface area contributed by atoms with Gasteiger partial charge in [-0.3, -0.25) is 0 Å². The quantitative estimate of drug-likeness (QED) is 0.811. The van der Waals surface area contributed by atoms with Gasteiger partial charge in [-0.05, 0) is 32.7 Å². The number of hydrogen-bond donors (Lipinski definition) is 1. The second kappa shape index (κ2) is 5.47. The molecule has 1 atom stereocenters. The third-order valence-electron chi connectivity index (χ3n) is 2.55. The predicted molar refractivity (Wildman–Crippen MR) is 62.9 cm³/mol. The molecule has 0 bridgehead atoms. The Balaban J connectivity index is 2.39. The largest absolute Gasteiger partial charge is 0.317 e. The number of rotatable bonds is 5. The summed E-state index contributed by atoms with van der Waals surface area (Å²) in [6.45, 7) is 6.58. The molecule has 0 fully saturated rings. The van der Waals surface area contributed by atoms with E-state index in [1.807, 2.05) is 7.05 Å². The molecule has 1 aromatic heterocycles. The first-order valence-corrected chi connectivity index (χ1v) is 6.09. The van der Waals surface area contributed by atoms with Crippen LogP contribution in [0.25, 0.3) is 0 Å². The highest BCUT2D eigenvalue weighted by molar-refractivity contribution is 7.09. The molecule has 2 nitrogen and oxygen atoms in total. The average Bonchev–Trinajstić information content (AvgIpc) is 2.52. The molecule has 0 spiro atoms. The molecule has 0 aromatic carbocycles. The lowest BCUT2D eigenvalue weighted by Gasteiger charge is -2.19. The molecule has 1 unspecified atom stereocenters. The van der Waals surface area contributed by atoms with E-state index < -0.39 is 0 Å². The Bertz CT molecular complexity index is 268. The third kappa shape index (κ3) is 3.39. The van der Waals surface area contributed by atoms with Gasteiger partial charge in [0.05, 0.1) is 10.7 Å². The highest BCUT2D eigenvalue weighted by Gasteiger charge is 2.11. The Morgan fingerprint density at radius 3 is 2.64 bits per heavy atom. The second-order valence-electron chi connectivity index (χ2n) is 4.04. The zero-order valence-electron chi connectivity index (χ0n) is 9.50. The van der Waals surface area contributed by atoms with Crippen LogP contribution in [0.5, 0.6) is 0 Å². The van der Waals surface area contributed by atoms with Crippen molar-refractivity contribution in [2.24, 2.45) is 5.92 Å². The van der Waals surface area contributed by atoms with Crippen LogP contribution in [0.4, 0.5) is 0 Å². The van der Waals surface area contributed by atoms with Crippen LogP contribution in [0.15, 0.2) is 5.38 Å². The number of aromatic nitrogens is 1. The Kier molecular flexibility index (Phi) is 4.55. The van der Waals surface area contributed by atoms with Crippen molar-refractivity contribution in [3.05, 3.63) is 16.1 Å². The Labute approximate surface area is 90.8 Å². The fraction of sp³-hybridized carbons (Fsp3) is 0.727. The van der Waals surface area contributed by atoms with Crippen LogP contribution in [0.2, 0.25) is 0 Å². The molecule has 0 aliphatic carbocycles. The van der Waals surface area contributed by atoms with Crippen molar-refractivity contribution in [2.45, 2.75) is 39.7 Å². The van der Waals surface area contributed by atoms with E-state index >= 15 is 0 Å². The lowest BCUT2D eigenvalue weighted by atomic mass is 9.99. The maximum absolute atomic E-state index is 4.47. The molecule has 0 aliphatic heterocycles. The van der Waals surface area contributed by atoms with Gasteiger partial charge in [0.2, 0.25) is 0 Å². The first-order chi connectivity index (χ1) is 6.63. The van der Waals surface area contributed by atoms with Gasteiger partial charge in [-0.2, -0.15) is 0 Å². The Morgan fingerprint density at radius 1 is 1.50 bits per heavy atom. The minimum Gasteiger partial charge on any atom is -0.317 e. The molecule has 0 radical (unpaired) electrons. The second-order valence-corrected chi connectivity index (χ2v) is 5.10. The summed E-state index contributed by atoms with van der Waals surface area (Å²) >= 11 is 1.74. The van der Waals surface area contributed by atoms with Crippen molar-refractivity contribution in [1.82, 2.24) is 10.3 Å². The molecule has 1 aromatic rings. The van der Waals surface area contributed by atoms with Crippen LogP contribution in [0, 0.1) is 12.8 Å². The van der Waals surface area contributed by atoms with E-state index in [2.05, 4.69) is 36.5 Å². The molecule has 1 N–H and O–H groups in total. The van der Waals surface area contributed by atoms with E-state index in [9.17, 15) is 0 Å². The molecule has 0 saturated carbocycles. The maximum atomic E-state index is 4.47. The van der Waals surface area contributed by atoms with Gasteiger partial charge in [-0.1, -0.05) is 13.8 Å². The SMILES string of the molecule is CNC(CCc1csc(C)n1)C(C)C. The van der Waals surface area contributed by atoms with E-state index in [4.69, 9.17) is 0 Å². The van der Waals surface area contributed by atoms with Gasteiger partial charge in [0, 0.05) is 11.4 Å². The highest BCUT2D eigenvalue weighted by Crippen LogP contribution is 2.13. The molecule has 0 amide bonds. The molecule has 0 aliphatic rings. The summed E-state index contributed by atoms with van der Waals surface area (Å²) in [4.78, 5) is 4.47. The van der Waals surface area contributed by atoms with Crippen molar-refractivity contribution in [3.63, 3.8) is 0 Å². The molecule has 0 saturated heterocycles. The molecular formula is C11H20N2S. The van der Waals surface area contributed by atoms with E-state index in [1.165, 1.54) is 17.1 Å². The van der Waals surface area contributed by atoms with Crippen molar-refractivity contribution >= 4 is 11.3 Å². The molecule has 3 heteroatoms. The van der Waals surface area contributed by atoms with Crippen molar-refractivity contribution in [1.29, 1.82) is 0 Å². The van der Waals surface area contributed by atoms with E-state index in [0.29, 0.717) is 12.0 Å². The summed E-state index contributed by atoms with van der Waals surface area (Å²) in [6, 6.07) is 0.608. The van der Waals surface area contributed by atoms with Gasteiger partial charge < -0.3 is 5.32 Å². The van der Waals surface area contributed by atoms with Crippen molar-refractivity contribution in [2.75, 3.05) is 7.05 Å². The fourth-order valence-electron chi connectivity index (χ4n) is 1.64. The van der Waals surface area contributed by atoms with Gasteiger partial charge in [-0.15, -0.1) is 11.3 Å². The van der Waals surface area contributed by atoms with Gasteiger partial charge >= 0.3 is 0 Å². The fourth-order valence-corrected chi connectivity index (χ4v) is 2.28. The topological polar surface area (TPSA) is 24.9 Å². The van der Waals surface area contributed by atoms with Crippen LogP contribution in [-0.2, 0) is 6.42 Å². The summed E-state index contributed by atoms with van der Waals surface area (Å²) in [5, 5.41) is 6.70. The Morgan fingerprint density at radius 2 is 2.21 bits per heavy atom. The molecule has 14 heavy (non-hydrogen) atoms. The zero-order valence-corrected chi connectivity index (χ0v) is 10.3. The lowest BCUT2D eigenvalue weighted by molar-refractivity contribution is 0.402. The summed E-state index contributed by atoms with van der Waals surface area (Å²) in [5.41, 5.74) is 1.24. The normalized spacial score (nSPS) is 13.5. The maximum Gasteiger partial charge on any atom is 0.0897 e. The number of nitrogens with zero attached hydrogens (tertiary/aromatic N) is 1. The standard InChI is InChI=1S/C11H20N2S/c1-8(2)11(12-4)6-5-10-7-14-9(3)13-10/h7-8,11-12H,5-6H2,1-4H3. The summed E-state index contributed by atoms with van der Waals surface area (Å²) < 4.78 is 0. The van der Waals surface area contributed by atoms with Gasteiger partial charge in [-0.25, -0.2) is 4.98 Å². The predicted octanol–water partition coefficient (Wildman–Crippen LogP) is 2.63. The summed E-state index contributed by atoms with van der Waals surface area (Å²) in [6.07, 6.45) is 2.27. The van der Waals surface area contributed by atoms with E-state index in [-0.39, 0.29) is 0 Å². The molecule has 1 rings (SSSR count). The monoisotopic (exact) mass is 212 g/mol. The van der Waals surface area contributed by atoms with Gasteiger partial charge in [0.25, 0.3) is 0 Å². The van der Waals surface area contributed by atoms with Crippen LogP contribution in [0.3, 0.4) is 0 Å². The number of thiazole rings is 1. The first kappa shape index (κ1) is 11.7. The Hall–Kier alpha value is -0.410. The molecular weight excluding hydrogens is 192 g/mol. The van der Waals surface area contributed by atoms with Crippen molar-refractivity contribution in [3.8, 4) is 0 Å². The minimum absolute atomic E-state index is 0.608. The zero-order chi connectivity index (χ0) is 10.6. The number of aryl methyl sites for hydroxylation is 2. The van der Waals surface area contributed by atoms with Gasteiger partial charge in [0.1, 0.15) is 0 Å². The number of nitrogens with one attached hydrogen (secondary N) is 1. The minimum atomic E-state index is 0.608. The highest BCUT2D eigenvalue weighted by atomic mass is 32.1. The van der Waals surface area contributed by atoms with Crippen molar-refractivity contribution < 1.29 is 0 Å². The average molecular weight is 212 g/mol. The van der Waals surface area contributed by atoms with E-state index in [0.717, 1.165) is 6.42 Å². The van der Waals surface area contributed by atoms with Crippen LogP contribution in [0.1, 0.15) is 31.0 Å². The number of hydrogen-bond acceptors (Lipinski definition) is 3. The van der Waals surface area contributed by atoms with E-state index in [1.54, 1.807) is 11.3 Å². The van der Waals surface area contributed by atoms with Crippen LogP contribution >= 0.6 is 11.3 Å². The van der Waals surface area contributed by atoms with Gasteiger partial charge in [0.15, 0.2) is 0 Å². The summed E-state index contributed by atoms with van der Waals surface area (Å²) in [5.74, 6) is 0.694. The first-order valence-electron chi connectivity index (χ1n) is 5.21. The molecule has 1 heterocycles. The van der Waals surface area contributed by atoms with Crippen LogP contribution < -0.4 is 5.32 Å². The molecule has 80 valence electrons. The van der Waals surface area contributed by atoms with Crippen LogP contribution in [-0.4, -0.2) is 18.1 Å². The summed E-state index contributed by atoms with van der Waals surface area (Å²) in [7, 11) is 2.04. The third-order valence-corrected chi connectivity index (χ3v) is 3.38. The smallest absolute Gasteiger partial charge is 0.0897 e.